The van der Waals surface area contributed by atoms with Crippen LogP contribution in [0, 0.1) is 0 Å². The van der Waals surface area contributed by atoms with Gasteiger partial charge < -0.3 is 4.98 Å². The van der Waals surface area contributed by atoms with Crippen LogP contribution in [0.1, 0.15) is 15.9 Å². The van der Waals surface area contributed by atoms with Crippen molar-refractivity contribution in [3.05, 3.63) is 45.7 Å². The van der Waals surface area contributed by atoms with Gasteiger partial charge in [0, 0.05) is 5.52 Å². The largest absolute Gasteiger partial charge is 0.416 e. The van der Waals surface area contributed by atoms with Gasteiger partial charge in [-0.3, -0.25) is 9.59 Å². The summed E-state index contributed by atoms with van der Waals surface area (Å²) in [6, 6.07) is 4.20. The minimum absolute atomic E-state index is 0.0513. The molecule has 1 N–H and O–H groups in total. The van der Waals surface area contributed by atoms with Crippen LogP contribution in [-0.4, -0.2) is 11.3 Å². The third-order valence-corrected chi connectivity index (χ3v) is 2.33. The van der Waals surface area contributed by atoms with Gasteiger partial charge >= 0.3 is 6.18 Å². The maximum absolute atomic E-state index is 12.4. The summed E-state index contributed by atoms with van der Waals surface area (Å²) in [7, 11) is 0. The van der Waals surface area contributed by atoms with E-state index in [4.69, 9.17) is 0 Å². The number of aldehydes is 1. The highest BCUT2D eigenvalue weighted by atomic mass is 19.4. The van der Waals surface area contributed by atoms with Crippen molar-refractivity contribution in [1.82, 2.24) is 4.98 Å². The maximum atomic E-state index is 12.4. The van der Waals surface area contributed by atoms with Crippen LogP contribution in [0.4, 0.5) is 13.2 Å². The highest BCUT2D eigenvalue weighted by molar-refractivity contribution is 5.86. The van der Waals surface area contributed by atoms with Crippen molar-refractivity contribution in [3.63, 3.8) is 0 Å². The quantitative estimate of drug-likeness (QED) is 0.779. The van der Waals surface area contributed by atoms with Crippen molar-refractivity contribution in [2.75, 3.05) is 0 Å². The van der Waals surface area contributed by atoms with E-state index in [2.05, 4.69) is 4.98 Å². The monoisotopic (exact) mass is 241 g/mol. The van der Waals surface area contributed by atoms with E-state index in [1.807, 2.05) is 0 Å². The highest BCUT2D eigenvalue weighted by Gasteiger charge is 2.30. The van der Waals surface area contributed by atoms with Crippen LogP contribution < -0.4 is 5.56 Å². The third kappa shape index (κ3) is 2.06. The van der Waals surface area contributed by atoms with E-state index in [1.54, 1.807) is 0 Å². The molecule has 0 aliphatic heterocycles. The molecule has 0 spiro atoms. The number of halogens is 3. The number of hydrogen-bond acceptors (Lipinski definition) is 2. The summed E-state index contributed by atoms with van der Waals surface area (Å²) in [6.07, 6.45) is -4.11. The van der Waals surface area contributed by atoms with Gasteiger partial charge in [0.15, 0.2) is 6.29 Å². The molecule has 0 bridgehead atoms. The molecule has 0 aliphatic rings. The Bertz CT molecular complexity index is 643. The van der Waals surface area contributed by atoms with Gasteiger partial charge in [-0.2, -0.15) is 13.2 Å². The van der Waals surface area contributed by atoms with Gasteiger partial charge in [0.2, 0.25) is 0 Å². The Balaban J connectivity index is 2.72. The summed E-state index contributed by atoms with van der Waals surface area (Å²) in [4.78, 5) is 24.0. The summed E-state index contributed by atoms with van der Waals surface area (Å²) in [6.45, 7) is 0. The molecule has 1 aromatic carbocycles. The predicted molar refractivity (Wildman–Crippen MR) is 55.0 cm³/mol. The van der Waals surface area contributed by atoms with Gasteiger partial charge in [-0.1, -0.05) is 6.07 Å². The SMILES string of the molecule is O=Cc1cc2ccc(C(F)(F)F)cc2[nH]c1=O. The molecule has 0 unspecified atom stereocenters. The standard InChI is InChI=1S/C11H6F3NO2/c12-11(13,14)8-2-1-6-3-7(5-16)10(17)15-9(6)4-8/h1-5H,(H,15,17). The average molecular weight is 241 g/mol. The van der Waals surface area contributed by atoms with Crippen molar-refractivity contribution in [1.29, 1.82) is 0 Å². The van der Waals surface area contributed by atoms with Crippen LogP contribution in [-0.2, 0) is 6.18 Å². The Labute approximate surface area is 92.9 Å². The number of H-pyrrole nitrogens is 1. The molecular weight excluding hydrogens is 235 g/mol. The molecule has 2 rings (SSSR count). The second-order valence-electron chi connectivity index (χ2n) is 3.47. The van der Waals surface area contributed by atoms with E-state index < -0.39 is 17.3 Å². The van der Waals surface area contributed by atoms with Crippen molar-refractivity contribution < 1.29 is 18.0 Å². The zero-order valence-electron chi connectivity index (χ0n) is 8.34. The van der Waals surface area contributed by atoms with Crippen LogP contribution in [0.3, 0.4) is 0 Å². The number of aromatic amines is 1. The summed E-state index contributed by atoms with van der Waals surface area (Å²) < 4.78 is 37.2. The summed E-state index contributed by atoms with van der Waals surface area (Å²) >= 11 is 0. The van der Waals surface area contributed by atoms with Gasteiger partial charge in [-0.05, 0) is 23.6 Å². The van der Waals surface area contributed by atoms with Crippen LogP contribution in [0.15, 0.2) is 29.1 Å². The fourth-order valence-electron chi connectivity index (χ4n) is 1.48. The molecular formula is C11H6F3NO2. The number of fused-ring (bicyclic) bond motifs is 1. The second-order valence-corrected chi connectivity index (χ2v) is 3.47. The number of carbonyl (C=O) groups excluding carboxylic acids is 1. The molecule has 6 heteroatoms. The van der Waals surface area contributed by atoms with Crippen LogP contribution >= 0.6 is 0 Å². The number of benzene rings is 1. The van der Waals surface area contributed by atoms with E-state index >= 15 is 0 Å². The molecule has 2 aromatic rings. The average Bonchev–Trinajstić information content (AvgIpc) is 2.26. The highest BCUT2D eigenvalue weighted by Crippen LogP contribution is 2.30. The summed E-state index contributed by atoms with van der Waals surface area (Å²) in [5.74, 6) is 0. The molecule has 1 aromatic heterocycles. The number of nitrogens with one attached hydrogen (secondary N) is 1. The zero-order chi connectivity index (χ0) is 12.6. The molecule has 0 fully saturated rings. The lowest BCUT2D eigenvalue weighted by atomic mass is 10.1. The Morgan fingerprint density at radius 2 is 1.88 bits per heavy atom. The topological polar surface area (TPSA) is 49.9 Å². The van der Waals surface area contributed by atoms with E-state index in [0.717, 1.165) is 12.1 Å². The smallest absolute Gasteiger partial charge is 0.321 e. The molecule has 3 nitrogen and oxygen atoms in total. The fourth-order valence-corrected chi connectivity index (χ4v) is 1.48. The Hall–Kier alpha value is -2.11. The number of pyridine rings is 1. The normalized spacial score (nSPS) is 11.7. The molecule has 17 heavy (non-hydrogen) atoms. The first-order valence-electron chi connectivity index (χ1n) is 4.61. The Kier molecular flexibility index (Phi) is 2.49. The van der Waals surface area contributed by atoms with Gasteiger partial charge in [0.25, 0.3) is 5.56 Å². The van der Waals surface area contributed by atoms with Crippen molar-refractivity contribution in [3.8, 4) is 0 Å². The van der Waals surface area contributed by atoms with Gasteiger partial charge in [-0.15, -0.1) is 0 Å². The molecule has 0 amide bonds. The number of aromatic nitrogens is 1. The van der Waals surface area contributed by atoms with E-state index in [-0.39, 0.29) is 11.1 Å². The first-order chi connectivity index (χ1) is 7.91. The first-order valence-corrected chi connectivity index (χ1v) is 4.61. The van der Waals surface area contributed by atoms with E-state index in [1.165, 1.54) is 12.1 Å². The lowest BCUT2D eigenvalue weighted by Gasteiger charge is -2.07. The van der Waals surface area contributed by atoms with Crippen LogP contribution in [0.2, 0.25) is 0 Å². The zero-order valence-corrected chi connectivity index (χ0v) is 8.34. The molecule has 0 atom stereocenters. The molecule has 0 aliphatic carbocycles. The van der Waals surface area contributed by atoms with Crippen molar-refractivity contribution in [2.24, 2.45) is 0 Å². The van der Waals surface area contributed by atoms with Crippen molar-refractivity contribution in [2.45, 2.75) is 6.18 Å². The van der Waals surface area contributed by atoms with Crippen molar-refractivity contribution >= 4 is 17.2 Å². The third-order valence-electron chi connectivity index (χ3n) is 2.33. The molecule has 1 heterocycles. The second kappa shape index (κ2) is 3.73. The predicted octanol–water partition coefficient (Wildman–Crippen LogP) is 2.36. The van der Waals surface area contributed by atoms with E-state index in [0.29, 0.717) is 11.7 Å². The summed E-state index contributed by atoms with van der Waals surface area (Å²) in [5, 5.41) is 0.375. The Morgan fingerprint density at radius 1 is 1.18 bits per heavy atom. The maximum Gasteiger partial charge on any atom is 0.416 e. The lowest BCUT2D eigenvalue weighted by molar-refractivity contribution is -0.137. The first kappa shape index (κ1) is 11.4. The molecule has 88 valence electrons. The van der Waals surface area contributed by atoms with Gasteiger partial charge in [-0.25, -0.2) is 0 Å². The molecule has 0 saturated heterocycles. The van der Waals surface area contributed by atoms with Crippen LogP contribution in [0.5, 0.6) is 0 Å². The summed E-state index contributed by atoms with van der Waals surface area (Å²) in [5.41, 5.74) is -1.61. The molecule has 0 saturated carbocycles. The number of hydrogen-bond donors (Lipinski definition) is 1. The Morgan fingerprint density at radius 3 is 2.47 bits per heavy atom. The number of carbonyl (C=O) groups is 1. The minimum atomic E-state index is -4.46. The van der Waals surface area contributed by atoms with Crippen LogP contribution in [0.25, 0.3) is 10.9 Å². The lowest BCUT2D eigenvalue weighted by Crippen LogP contribution is -2.12. The van der Waals surface area contributed by atoms with Gasteiger partial charge in [0.1, 0.15) is 0 Å². The number of alkyl halides is 3. The van der Waals surface area contributed by atoms with Gasteiger partial charge in [0.05, 0.1) is 11.1 Å². The molecule has 0 radical (unpaired) electrons. The fraction of sp³-hybridized carbons (Fsp3) is 0.0909. The van der Waals surface area contributed by atoms with E-state index in [9.17, 15) is 22.8 Å². The minimum Gasteiger partial charge on any atom is -0.321 e. The number of rotatable bonds is 1.